The molecular formula is C21H16F3N3O2. The molecule has 0 fully saturated rings. The number of alkyl halides is 3. The van der Waals surface area contributed by atoms with Crippen LogP contribution < -0.4 is 9.47 Å². The van der Waals surface area contributed by atoms with Crippen molar-refractivity contribution in [3.8, 4) is 22.8 Å². The molecule has 0 unspecified atom stereocenters. The third-order valence-corrected chi connectivity index (χ3v) is 4.41. The van der Waals surface area contributed by atoms with E-state index in [0.717, 1.165) is 22.3 Å². The molecule has 0 radical (unpaired) electrons. The zero-order valence-corrected chi connectivity index (χ0v) is 15.3. The molecule has 148 valence electrons. The molecule has 2 heterocycles. The summed E-state index contributed by atoms with van der Waals surface area (Å²) < 4.78 is 51.0. The Balaban J connectivity index is 1.63. The van der Waals surface area contributed by atoms with E-state index in [4.69, 9.17) is 9.47 Å². The number of aromatic nitrogens is 3. The number of hydrogen-bond donors (Lipinski definition) is 0. The van der Waals surface area contributed by atoms with Crippen molar-refractivity contribution in [3.63, 3.8) is 0 Å². The van der Waals surface area contributed by atoms with Gasteiger partial charge in [-0.05, 0) is 35.9 Å². The van der Waals surface area contributed by atoms with Gasteiger partial charge in [-0.15, -0.1) is 5.10 Å². The number of halogens is 3. The van der Waals surface area contributed by atoms with Crippen LogP contribution in [0.2, 0.25) is 0 Å². The number of ether oxygens (including phenoxy) is 2. The van der Waals surface area contributed by atoms with Gasteiger partial charge in [-0.25, -0.2) is 4.52 Å². The lowest BCUT2D eigenvalue weighted by molar-refractivity contribution is -0.137. The summed E-state index contributed by atoms with van der Waals surface area (Å²) in [5.41, 5.74) is 1.79. The molecule has 2 aromatic carbocycles. The Bertz CT molecular complexity index is 1140. The lowest BCUT2D eigenvalue weighted by Gasteiger charge is -2.12. The van der Waals surface area contributed by atoms with Gasteiger partial charge < -0.3 is 9.47 Å². The Morgan fingerprint density at radius 3 is 2.48 bits per heavy atom. The predicted octanol–water partition coefficient (Wildman–Crippen LogP) is 5.00. The van der Waals surface area contributed by atoms with Crippen molar-refractivity contribution in [1.82, 2.24) is 14.8 Å². The monoisotopic (exact) mass is 399 g/mol. The molecule has 2 aromatic heterocycles. The van der Waals surface area contributed by atoms with Crippen LogP contribution in [0.3, 0.4) is 0 Å². The highest BCUT2D eigenvalue weighted by Gasteiger charge is 2.31. The summed E-state index contributed by atoms with van der Waals surface area (Å²) in [4.78, 5) is 0. The lowest BCUT2D eigenvalue weighted by atomic mass is 10.1. The maximum Gasteiger partial charge on any atom is 0.417 e. The van der Waals surface area contributed by atoms with Crippen LogP contribution in [-0.4, -0.2) is 21.9 Å². The van der Waals surface area contributed by atoms with Crippen LogP contribution in [0.15, 0.2) is 66.9 Å². The van der Waals surface area contributed by atoms with Crippen LogP contribution in [0.25, 0.3) is 16.8 Å². The van der Waals surface area contributed by atoms with Gasteiger partial charge in [0.05, 0.1) is 18.2 Å². The molecule has 0 aliphatic carbocycles. The summed E-state index contributed by atoms with van der Waals surface area (Å²) in [6.45, 7) is 0.381. The Morgan fingerprint density at radius 2 is 1.76 bits per heavy atom. The summed E-state index contributed by atoms with van der Waals surface area (Å²) in [5, 5.41) is 7.85. The van der Waals surface area contributed by atoms with Crippen LogP contribution in [0.5, 0.6) is 11.5 Å². The second kappa shape index (κ2) is 7.46. The highest BCUT2D eigenvalue weighted by molar-refractivity contribution is 5.78. The van der Waals surface area contributed by atoms with Gasteiger partial charge in [-0.3, -0.25) is 0 Å². The van der Waals surface area contributed by atoms with E-state index in [2.05, 4.69) is 10.3 Å². The molecule has 0 amide bonds. The van der Waals surface area contributed by atoms with Crippen LogP contribution >= 0.6 is 0 Å². The van der Waals surface area contributed by atoms with E-state index in [-0.39, 0.29) is 0 Å². The fourth-order valence-electron chi connectivity index (χ4n) is 2.94. The maximum atomic E-state index is 12.9. The summed E-state index contributed by atoms with van der Waals surface area (Å²) >= 11 is 0. The lowest BCUT2D eigenvalue weighted by Crippen LogP contribution is -2.06. The zero-order valence-electron chi connectivity index (χ0n) is 15.3. The molecule has 0 N–H and O–H groups in total. The number of benzene rings is 2. The van der Waals surface area contributed by atoms with Crippen LogP contribution in [-0.2, 0) is 12.8 Å². The molecule has 0 bridgehead atoms. The topological polar surface area (TPSA) is 48.7 Å². The Hall–Kier alpha value is -3.55. The third-order valence-electron chi connectivity index (χ3n) is 4.41. The highest BCUT2D eigenvalue weighted by Crippen LogP contribution is 2.35. The van der Waals surface area contributed by atoms with Crippen molar-refractivity contribution in [3.05, 3.63) is 78.0 Å². The average molecular weight is 399 g/mol. The summed E-state index contributed by atoms with van der Waals surface area (Å²) in [6.07, 6.45) is -3.53. The van der Waals surface area contributed by atoms with E-state index in [1.165, 1.54) is 13.2 Å². The summed E-state index contributed by atoms with van der Waals surface area (Å²) in [6, 6.07) is 17.3. The molecule has 5 nitrogen and oxygen atoms in total. The average Bonchev–Trinajstić information content (AvgIpc) is 3.15. The fraction of sp³-hybridized carbons (Fsp3) is 0.143. The van der Waals surface area contributed by atoms with Gasteiger partial charge >= 0.3 is 6.18 Å². The van der Waals surface area contributed by atoms with Crippen molar-refractivity contribution < 1.29 is 22.6 Å². The molecule has 0 aliphatic rings. The maximum absolute atomic E-state index is 12.9. The second-order valence-corrected chi connectivity index (χ2v) is 6.32. The molecule has 4 rings (SSSR count). The molecule has 4 aromatic rings. The quantitative estimate of drug-likeness (QED) is 0.474. The van der Waals surface area contributed by atoms with E-state index < -0.39 is 11.7 Å². The van der Waals surface area contributed by atoms with E-state index in [1.807, 2.05) is 30.3 Å². The van der Waals surface area contributed by atoms with E-state index >= 15 is 0 Å². The van der Waals surface area contributed by atoms with E-state index in [9.17, 15) is 13.2 Å². The molecule has 8 heteroatoms. The van der Waals surface area contributed by atoms with Gasteiger partial charge in [0.15, 0.2) is 11.5 Å². The van der Waals surface area contributed by atoms with Crippen molar-refractivity contribution in [2.45, 2.75) is 12.8 Å². The number of hydrogen-bond acceptors (Lipinski definition) is 4. The molecule has 0 aliphatic heterocycles. The first kappa shape index (κ1) is 18.8. The van der Waals surface area contributed by atoms with Crippen molar-refractivity contribution in [1.29, 1.82) is 0 Å². The minimum Gasteiger partial charge on any atom is -0.493 e. The molecule has 0 spiro atoms. The van der Waals surface area contributed by atoms with E-state index in [0.29, 0.717) is 34.9 Å². The third kappa shape index (κ3) is 3.87. The Labute approximate surface area is 164 Å². The summed E-state index contributed by atoms with van der Waals surface area (Å²) in [5.74, 6) is 1.04. The molecule has 0 saturated heterocycles. The zero-order chi connectivity index (χ0) is 20.4. The van der Waals surface area contributed by atoms with Crippen LogP contribution in [0.4, 0.5) is 13.2 Å². The smallest absolute Gasteiger partial charge is 0.417 e. The molecule has 29 heavy (non-hydrogen) atoms. The largest absolute Gasteiger partial charge is 0.493 e. The van der Waals surface area contributed by atoms with Gasteiger partial charge in [-0.2, -0.15) is 13.2 Å². The van der Waals surface area contributed by atoms with Crippen molar-refractivity contribution in [2.24, 2.45) is 0 Å². The number of methoxy groups -OCH3 is 1. The molecule has 0 saturated carbocycles. The Kier molecular flexibility index (Phi) is 4.84. The number of rotatable bonds is 5. The second-order valence-electron chi connectivity index (χ2n) is 6.32. The van der Waals surface area contributed by atoms with E-state index in [1.54, 1.807) is 18.2 Å². The Morgan fingerprint density at radius 1 is 0.966 bits per heavy atom. The predicted molar refractivity (Wildman–Crippen MR) is 101 cm³/mol. The first-order valence-corrected chi connectivity index (χ1v) is 8.73. The minimum atomic E-state index is -4.44. The van der Waals surface area contributed by atoms with Crippen molar-refractivity contribution >= 4 is 5.52 Å². The molecule has 0 atom stereocenters. The van der Waals surface area contributed by atoms with Crippen LogP contribution in [0.1, 0.15) is 11.1 Å². The SMILES string of the molecule is COc1cc(-c2nnn3cc(C(F)(F)F)ccc23)ccc1OCc1ccccc1. The number of fused-ring (bicyclic) bond motifs is 1. The normalized spacial score (nSPS) is 11.6. The van der Waals surface area contributed by atoms with Gasteiger partial charge in [0.25, 0.3) is 0 Å². The van der Waals surface area contributed by atoms with Gasteiger partial charge in [-0.1, -0.05) is 35.5 Å². The molecular weight excluding hydrogens is 383 g/mol. The van der Waals surface area contributed by atoms with Gasteiger partial charge in [0, 0.05) is 11.8 Å². The first-order valence-electron chi connectivity index (χ1n) is 8.73. The van der Waals surface area contributed by atoms with Gasteiger partial charge in [0.1, 0.15) is 12.3 Å². The minimum absolute atomic E-state index is 0.381. The number of pyridine rings is 1. The van der Waals surface area contributed by atoms with Gasteiger partial charge in [0.2, 0.25) is 0 Å². The number of nitrogens with zero attached hydrogens (tertiary/aromatic N) is 3. The standard InChI is InChI=1S/C21H16F3N3O2/c1-28-19-11-15(7-10-18(19)29-13-14-5-3-2-4-6-14)20-17-9-8-16(21(22,23)24)12-27(17)26-25-20/h2-12H,13H2,1H3. The van der Waals surface area contributed by atoms with Crippen LogP contribution in [0, 0.1) is 0 Å². The highest BCUT2D eigenvalue weighted by atomic mass is 19.4. The first-order chi connectivity index (χ1) is 14.0. The summed E-state index contributed by atoms with van der Waals surface area (Å²) in [7, 11) is 1.52. The van der Waals surface area contributed by atoms with Crippen molar-refractivity contribution in [2.75, 3.05) is 7.11 Å². The fourth-order valence-corrected chi connectivity index (χ4v) is 2.94.